The predicted molar refractivity (Wildman–Crippen MR) is 125 cm³/mol. The Hall–Kier alpha value is -4.16. The molecular weight excluding hydrogens is 498 g/mol. The minimum atomic E-state index is -4.04. The number of aromatic nitrogens is 3. The molecule has 4 heterocycles. The SMILES string of the molecule is O=S(=O)(Nc1nccs1)c1ccc(Oc2cnc(-c3cccnc3F)cc2-c2ccoc2)c(F)c1. The summed E-state index contributed by atoms with van der Waals surface area (Å²) in [5, 5.41) is 1.77. The quantitative estimate of drug-likeness (QED) is 0.278. The molecule has 0 saturated carbocycles. The van der Waals surface area contributed by atoms with E-state index in [1.54, 1.807) is 23.6 Å². The molecule has 5 rings (SSSR count). The van der Waals surface area contributed by atoms with E-state index in [2.05, 4.69) is 19.7 Å². The third-order valence-corrected chi connectivity index (χ3v) is 6.98. The number of pyridine rings is 2. The van der Waals surface area contributed by atoms with Gasteiger partial charge in [-0.05, 0) is 42.5 Å². The van der Waals surface area contributed by atoms with E-state index in [0.717, 1.165) is 17.4 Å². The molecule has 5 aromatic rings. The number of ether oxygens (including phenoxy) is 1. The first kappa shape index (κ1) is 22.6. The fourth-order valence-electron chi connectivity index (χ4n) is 3.19. The molecule has 1 aromatic carbocycles. The van der Waals surface area contributed by atoms with Crippen molar-refractivity contribution in [2.45, 2.75) is 4.90 Å². The highest BCUT2D eigenvalue weighted by Crippen LogP contribution is 2.37. The highest BCUT2D eigenvalue weighted by molar-refractivity contribution is 7.93. The molecule has 0 amide bonds. The fourth-order valence-corrected chi connectivity index (χ4v) is 4.99. The van der Waals surface area contributed by atoms with E-state index < -0.39 is 21.8 Å². The van der Waals surface area contributed by atoms with Crippen molar-refractivity contribution in [3.63, 3.8) is 0 Å². The summed E-state index contributed by atoms with van der Waals surface area (Å²) in [5.74, 6) is -1.69. The van der Waals surface area contributed by atoms with Crippen molar-refractivity contribution in [3.8, 4) is 33.9 Å². The van der Waals surface area contributed by atoms with E-state index in [4.69, 9.17) is 9.15 Å². The maximum absolute atomic E-state index is 14.9. The zero-order chi connectivity index (χ0) is 24.4. The Morgan fingerprint density at radius 1 is 0.971 bits per heavy atom. The van der Waals surface area contributed by atoms with Crippen LogP contribution in [-0.4, -0.2) is 23.4 Å². The van der Waals surface area contributed by atoms with Crippen LogP contribution in [0.4, 0.5) is 13.9 Å². The molecule has 0 spiro atoms. The number of halogens is 2. The topological polar surface area (TPSA) is 107 Å². The van der Waals surface area contributed by atoms with E-state index in [1.807, 2.05) is 0 Å². The Morgan fingerprint density at radius 3 is 2.57 bits per heavy atom. The molecule has 0 fully saturated rings. The van der Waals surface area contributed by atoms with Crippen molar-refractivity contribution in [2.75, 3.05) is 4.72 Å². The van der Waals surface area contributed by atoms with E-state index in [9.17, 15) is 17.2 Å². The molecule has 0 aliphatic heterocycles. The minimum Gasteiger partial charge on any atom is -0.472 e. The molecule has 12 heteroatoms. The standard InChI is InChI=1S/C23H14F2N4O4S2/c24-18-10-15(35(30,31)29-23-27-7-9-34-23)3-4-20(18)33-21-12-28-19(16-2-1-6-26-22(16)25)11-17(21)14-5-8-32-13-14/h1-13H,(H,27,29). The number of hydrogen-bond acceptors (Lipinski definition) is 8. The lowest BCUT2D eigenvalue weighted by Gasteiger charge is -2.13. The van der Waals surface area contributed by atoms with Gasteiger partial charge < -0.3 is 9.15 Å². The predicted octanol–water partition coefficient (Wildman–Crippen LogP) is 5.73. The van der Waals surface area contributed by atoms with Crippen molar-refractivity contribution < 1.29 is 26.4 Å². The van der Waals surface area contributed by atoms with Gasteiger partial charge in [-0.3, -0.25) is 9.71 Å². The van der Waals surface area contributed by atoms with Crippen molar-refractivity contribution in [2.24, 2.45) is 0 Å². The smallest absolute Gasteiger partial charge is 0.263 e. The van der Waals surface area contributed by atoms with Crippen molar-refractivity contribution >= 4 is 26.5 Å². The van der Waals surface area contributed by atoms with Crippen LogP contribution in [-0.2, 0) is 10.0 Å². The molecule has 0 atom stereocenters. The Bertz CT molecular complexity index is 1590. The number of nitrogens with one attached hydrogen (secondary N) is 1. The van der Waals surface area contributed by atoms with Crippen molar-refractivity contribution in [1.29, 1.82) is 0 Å². The summed E-state index contributed by atoms with van der Waals surface area (Å²) in [6, 6.07) is 9.57. The number of thiazole rings is 1. The van der Waals surface area contributed by atoms with Gasteiger partial charge >= 0.3 is 0 Å². The largest absolute Gasteiger partial charge is 0.472 e. The number of sulfonamides is 1. The molecule has 8 nitrogen and oxygen atoms in total. The maximum atomic E-state index is 14.9. The van der Waals surface area contributed by atoms with Gasteiger partial charge in [0, 0.05) is 28.9 Å². The van der Waals surface area contributed by atoms with Gasteiger partial charge in [-0.15, -0.1) is 11.3 Å². The number of anilines is 1. The molecule has 4 aromatic heterocycles. The second kappa shape index (κ2) is 9.24. The van der Waals surface area contributed by atoms with Crippen LogP contribution in [0.1, 0.15) is 0 Å². The molecule has 35 heavy (non-hydrogen) atoms. The lowest BCUT2D eigenvalue weighted by Crippen LogP contribution is -2.13. The van der Waals surface area contributed by atoms with Crippen molar-refractivity contribution in [3.05, 3.63) is 90.7 Å². The van der Waals surface area contributed by atoms with Gasteiger partial charge in [0.25, 0.3) is 10.0 Å². The number of furan rings is 1. The van der Waals surface area contributed by atoms with Crippen LogP contribution in [0.15, 0.2) is 88.3 Å². The molecule has 1 N–H and O–H groups in total. The lowest BCUT2D eigenvalue weighted by molar-refractivity contribution is 0.440. The summed E-state index contributed by atoms with van der Waals surface area (Å²) in [6.45, 7) is 0. The molecule has 0 saturated heterocycles. The van der Waals surface area contributed by atoms with Gasteiger partial charge in [0.05, 0.1) is 34.9 Å². The second-order valence-corrected chi connectivity index (χ2v) is 9.63. The van der Waals surface area contributed by atoms with Crippen LogP contribution in [0.25, 0.3) is 22.4 Å². The summed E-state index contributed by atoms with van der Waals surface area (Å²) < 4.78 is 67.3. The average Bonchev–Trinajstić information content (AvgIpc) is 3.55. The molecule has 0 bridgehead atoms. The Labute approximate surface area is 202 Å². The van der Waals surface area contributed by atoms with Crippen LogP contribution in [0.5, 0.6) is 11.5 Å². The summed E-state index contributed by atoms with van der Waals surface area (Å²) in [6.07, 6.45) is 6.98. The molecule has 0 aliphatic rings. The zero-order valence-corrected chi connectivity index (χ0v) is 19.2. The number of rotatable bonds is 7. The fraction of sp³-hybridized carbons (Fsp3) is 0. The number of nitrogens with zero attached hydrogens (tertiary/aromatic N) is 3. The van der Waals surface area contributed by atoms with E-state index in [1.165, 1.54) is 49.3 Å². The van der Waals surface area contributed by atoms with Gasteiger partial charge in [-0.2, -0.15) is 4.39 Å². The normalized spacial score (nSPS) is 11.4. The highest BCUT2D eigenvalue weighted by atomic mass is 32.2. The minimum absolute atomic E-state index is 0.148. The Morgan fingerprint density at radius 2 is 1.86 bits per heavy atom. The summed E-state index contributed by atoms with van der Waals surface area (Å²) in [4.78, 5) is 11.4. The van der Waals surface area contributed by atoms with Crippen LogP contribution in [0, 0.1) is 11.8 Å². The molecule has 0 aliphatic carbocycles. The maximum Gasteiger partial charge on any atom is 0.263 e. The van der Waals surface area contributed by atoms with Crippen LogP contribution in [0.2, 0.25) is 0 Å². The summed E-state index contributed by atoms with van der Waals surface area (Å²) in [7, 11) is -4.04. The second-order valence-electron chi connectivity index (χ2n) is 7.06. The first-order valence-corrected chi connectivity index (χ1v) is 12.3. The first-order valence-electron chi connectivity index (χ1n) is 9.94. The molecule has 176 valence electrons. The Balaban J connectivity index is 1.48. The van der Waals surface area contributed by atoms with Crippen LogP contribution < -0.4 is 9.46 Å². The zero-order valence-electron chi connectivity index (χ0n) is 17.6. The van der Waals surface area contributed by atoms with Gasteiger partial charge in [-0.25, -0.2) is 22.8 Å². The monoisotopic (exact) mass is 512 g/mol. The van der Waals surface area contributed by atoms with E-state index in [-0.39, 0.29) is 32.8 Å². The third-order valence-electron chi connectivity index (χ3n) is 4.82. The van der Waals surface area contributed by atoms with Gasteiger partial charge in [-0.1, -0.05) is 0 Å². The first-order chi connectivity index (χ1) is 16.9. The van der Waals surface area contributed by atoms with Gasteiger partial charge in [0.2, 0.25) is 5.95 Å². The number of hydrogen-bond donors (Lipinski definition) is 1. The van der Waals surface area contributed by atoms with Gasteiger partial charge in [0.1, 0.15) is 0 Å². The molecular formula is C23H14F2N4O4S2. The highest BCUT2D eigenvalue weighted by Gasteiger charge is 2.20. The number of benzene rings is 1. The van der Waals surface area contributed by atoms with E-state index >= 15 is 0 Å². The third kappa shape index (κ3) is 4.74. The van der Waals surface area contributed by atoms with E-state index in [0.29, 0.717) is 11.1 Å². The molecule has 0 radical (unpaired) electrons. The summed E-state index contributed by atoms with van der Waals surface area (Å²) in [5.41, 5.74) is 1.50. The molecule has 0 unspecified atom stereocenters. The Kier molecular flexibility index (Phi) is 5.97. The average molecular weight is 513 g/mol. The van der Waals surface area contributed by atoms with Crippen LogP contribution in [0.3, 0.4) is 0 Å². The van der Waals surface area contributed by atoms with Gasteiger partial charge in [0.15, 0.2) is 22.4 Å². The van der Waals surface area contributed by atoms with Crippen molar-refractivity contribution in [1.82, 2.24) is 15.0 Å². The summed E-state index contributed by atoms with van der Waals surface area (Å²) >= 11 is 1.09. The van der Waals surface area contributed by atoms with Crippen LogP contribution >= 0.6 is 11.3 Å². The lowest BCUT2D eigenvalue weighted by atomic mass is 10.1.